The Morgan fingerprint density at radius 1 is 1.22 bits per heavy atom. The fraction of sp³-hybridized carbons (Fsp3) is 0.261. The van der Waals surface area contributed by atoms with Gasteiger partial charge in [0.25, 0.3) is 5.56 Å². The van der Waals surface area contributed by atoms with Crippen LogP contribution >= 0.6 is 11.8 Å². The number of amides is 2. The average molecular weight is 448 g/mol. The van der Waals surface area contributed by atoms with E-state index in [0.717, 1.165) is 0 Å². The maximum atomic E-state index is 12.8. The molecule has 0 radical (unpaired) electrons. The predicted octanol–water partition coefficient (Wildman–Crippen LogP) is 2.66. The Balaban J connectivity index is 1.33. The maximum Gasteiger partial charge on any atom is 0.258 e. The first-order valence-corrected chi connectivity index (χ1v) is 11.4. The smallest absolute Gasteiger partial charge is 0.258 e. The van der Waals surface area contributed by atoms with Crippen molar-refractivity contribution in [3.8, 4) is 6.07 Å². The van der Waals surface area contributed by atoms with Crippen LogP contribution < -0.4 is 10.9 Å². The molecule has 1 fully saturated rings. The fourth-order valence-corrected chi connectivity index (χ4v) is 4.74. The van der Waals surface area contributed by atoms with Crippen molar-refractivity contribution in [3.63, 3.8) is 0 Å². The van der Waals surface area contributed by atoms with Crippen LogP contribution in [0, 0.1) is 11.3 Å². The van der Waals surface area contributed by atoms with Crippen molar-refractivity contribution < 1.29 is 9.59 Å². The average Bonchev–Trinajstić information content (AvgIpc) is 3.30. The molecule has 0 bridgehead atoms. The number of aryl methyl sites for hydroxylation is 1. The highest BCUT2D eigenvalue weighted by molar-refractivity contribution is 7.99. The topological polar surface area (TPSA) is 119 Å². The van der Waals surface area contributed by atoms with Crippen LogP contribution in [-0.2, 0) is 16.0 Å². The molecule has 162 valence electrons. The Hall–Kier alpha value is -3.64. The number of nitrogens with zero attached hydrogens (tertiary/aromatic N) is 3. The molecule has 1 saturated heterocycles. The molecule has 1 atom stereocenters. The zero-order valence-corrected chi connectivity index (χ0v) is 18.0. The van der Waals surface area contributed by atoms with Crippen LogP contribution in [0.1, 0.15) is 24.2 Å². The Labute approximate surface area is 188 Å². The van der Waals surface area contributed by atoms with Gasteiger partial charge in [-0.2, -0.15) is 5.26 Å². The van der Waals surface area contributed by atoms with Crippen LogP contribution in [0.3, 0.4) is 0 Å². The van der Waals surface area contributed by atoms with E-state index in [0.29, 0.717) is 52.4 Å². The molecule has 0 aliphatic carbocycles. The van der Waals surface area contributed by atoms with Crippen LogP contribution in [0.25, 0.3) is 10.9 Å². The molecule has 2 N–H and O–H groups in total. The number of fused-ring (bicyclic) bond motifs is 1. The number of rotatable bonds is 6. The van der Waals surface area contributed by atoms with Gasteiger partial charge in [-0.25, -0.2) is 4.98 Å². The van der Waals surface area contributed by atoms with Crippen LogP contribution in [-0.4, -0.2) is 44.4 Å². The number of aromatic amines is 1. The lowest BCUT2D eigenvalue weighted by molar-refractivity contribution is -0.136. The number of nitriles is 1. The molecule has 1 aromatic heterocycles. The number of nitrogens with one attached hydrogen (secondary N) is 2. The third-order valence-corrected chi connectivity index (χ3v) is 6.27. The van der Waals surface area contributed by atoms with E-state index in [1.807, 2.05) is 12.1 Å². The number of aromatic nitrogens is 2. The second-order valence-electron chi connectivity index (χ2n) is 7.44. The monoisotopic (exact) mass is 447 g/mol. The van der Waals surface area contributed by atoms with Gasteiger partial charge in [0.1, 0.15) is 11.9 Å². The van der Waals surface area contributed by atoms with E-state index < -0.39 is 6.04 Å². The van der Waals surface area contributed by atoms with Crippen molar-refractivity contribution >= 4 is 40.2 Å². The highest BCUT2D eigenvalue weighted by Gasteiger charge is 2.34. The summed E-state index contributed by atoms with van der Waals surface area (Å²) < 4.78 is 0. The zero-order valence-electron chi connectivity index (χ0n) is 17.2. The first-order valence-electron chi connectivity index (χ1n) is 10.2. The number of para-hydroxylation sites is 1. The van der Waals surface area contributed by atoms with Gasteiger partial charge in [-0.15, -0.1) is 11.8 Å². The summed E-state index contributed by atoms with van der Waals surface area (Å²) in [5, 5.41) is 12.2. The first kappa shape index (κ1) is 21.6. The molecular weight excluding hydrogens is 426 g/mol. The number of H-pyrrole nitrogens is 1. The number of carbonyl (C=O) groups is 2. The molecule has 9 heteroatoms. The van der Waals surface area contributed by atoms with Crippen LogP contribution in [0.5, 0.6) is 0 Å². The summed E-state index contributed by atoms with van der Waals surface area (Å²) in [7, 11) is 0. The molecule has 2 aromatic carbocycles. The van der Waals surface area contributed by atoms with Crippen LogP contribution in [0.4, 0.5) is 5.69 Å². The highest BCUT2D eigenvalue weighted by atomic mass is 32.2. The molecule has 2 amide bonds. The van der Waals surface area contributed by atoms with Gasteiger partial charge in [0.2, 0.25) is 11.8 Å². The summed E-state index contributed by atoms with van der Waals surface area (Å²) in [5.74, 6) is 1.21. The van der Waals surface area contributed by atoms with Gasteiger partial charge in [-0.05, 0) is 42.8 Å². The van der Waals surface area contributed by atoms with Gasteiger partial charge in [0.15, 0.2) is 0 Å². The first-order chi connectivity index (χ1) is 15.5. The second-order valence-corrected chi connectivity index (χ2v) is 8.44. The molecule has 1 unspecified atom stereocenters. The van der Waals surface area contributed by atoms with E-state index in [2.05, 4.69) is 15.3 Å². The maximum absolute atomic E-state index is 12.8. The standard InChI is InChI=1S/C23H21N5O3S/c24-12-15-8-10-16(11-9-15)25-23(31)19-13-32-14-28(19)21(29)7-3-6-20-26-18-5-2-1-4-17(18)22(30)27-20/h1-2,4-5,8-11,19H,3,6-7,13-14H2,(H,25,31)(H,26,27,30). The SMILES string of the molecule is N#Cc1ccc(NC(=O)C2CSCN2C(=O)CCCc2nc3ccccc3c(=O)[nH]2)cc1. The van der Waals surface area contributed by atoms with Gasteiger partial charge in [0.05, 0.1) is 28.4 Å². The molecule has 0 spiro atoms. The lowest BCUT2D eigenvalue weighted by Gasteiger charge is -2.23. The third kappa shape index (κ3) is 4.81. The minimum Gasteiger partial charge on any atom is -0.324 e. The van der Waals surface area contributed by atoms with Crippen molar-refractivity contribution in [1.82, 2.24) is 14.9 Å². The van der Waals surface area contributed by atoms with E-state index in [9.17, 15) is 14.4 Å². The van der Waals surface area contributed by atoms with Gasteiger partial charge in [-0.1, -0.05) is 12.1 Å². The lowest BCUT2D eigenvalue weighted by atomic mass is 10.1. The molecular formula is C23H21N5O3S. The van der Waals surface area contributed by atoms with Crippen molar-refractivity contribution in [2.24, 2.45) is 0 Å². The number of thioether (sulfide) groups is 1. The van der Waals surface area contributed by atoms with Crippen molar-refractivity contribution in [2.45, 2.75) is 25.3 Å². The van der Waals surface area contributed by atoms with E-state index in [1.54, 1.807) is 47.4 Å². The van der Waals surface area contributed by atoms with Crippen molar-refractivity contribution in [2.75, 3.05) is 16.9 Å². The van der Waals surface area contributed by atoms with Gasteiger partial charge in [0, 0.05) is 24.3 Å². The molecule has 2 heterocycles. The fourth-order valence-electron chi connectivity index (χ4n) is 3.56. The number of benzene rings is 2. The van der Waals surface area contributed by atoms with Crippen molar-refractivity contribution in [1.29, 1.82) is 5.26 Å². The summed E-state index contributed by atoms with van der Waals surface area (Å²) in [6.07, 6.45) is 1.25. The molecule has 32 heavy (non-hydrogen) atoms. The minimum absolute atomic E-state index is 0.0990. The lowest BCUT2D eigenvalue weighted by Crippen LogP contribution is -2.44. The third-order valence-electron chi connectivity index (χ3n) is 5.25. The zero-order chi connectivity index (χ0) is 22.5. The summed E-state index contributed by atoms with van der Waals surface area (Å²) in [5.41, 5.74) is 1.54. The van der Waals surface area contributed by atoms with E-state index in [4.69, 9.17) is 5.26 Å². The van der Waals surface area contributed by atoms with Gasteiger partial charge in [-0.3, -0.25) is 14.4 Å². The van der Waals surface area contributed by atoms with Gasteiger partial charge >= 0.3 is 0 Å². The second kappa shape index (κ2) is 9.66. The Morgan fingerprint density at radius 2 is 2.00 bits per heavy atom. The molecule has 8 nitrogen and oxygen atoms in total. The van der Waals surface area contributed by atoms with E-state index in [-0.39, 0.29) is 23.8 Å². The Bertz CT molecular complexity index is 1250. The number of carbonyl (C=O) groups excluding carboxylic acids is 2. The largest absolute Gasteiger partial charge is 0.324 e. The minimum atomic E-state index is -0.540. The van der Waals surface area contributed by atoms with E-state index >= 15 is 0 Å². The predicted molar refractivity (Wildman–Crippen MR) is 123 cm³/mol. The van der Waals surface area contributed by atoms with Gasteiger partial charge < -0.3 is 15.2 Å². The number of anilines is 1. The quantitative estimate of drug-likeness (QED) is 0.600. The normalized spacial score (nSPS) is 15.5. The Kier molecular flexibility index (Phi) is 6.52. The Morgan fingerprint density at radius 3 is 2.78 bits per heavy atom. The number of hydrogen-bond acceptors (Lipinski definition) is 6. The summed E-state index contributed by atoms with van der Waals surface area (Å²) >= 11 is 1.54. The number of hydrogen-bond donors (Lipinski definition) is 2. The van der Waals surface area contributed by atoms with Crippen molar-refractivity contribution in [3.05, 3.63) is 70.3 Å². The molecule has 4 rings (SSSR count). The van der Waals surface area contributed by atoms with Crippen LogP contribution in [0.2, 0.25) is 0 Å². The molecule has 0 saturated carbocycles. The molecule has 3 aromatic rings. The summed E-state index contributed by atoms with van der Waals surface area (Å²) in [6.45, 7) is 0. The summed E-state index contributed by atoms with van der Waals surface area (Å²) in [6, 6.07) is 15.2. The highest BCUT2D eigenvalue weighted by Crippen LogP contribution is 2.24. The summed E-state index contributed by atoms with van der Waals surface area (Å²) in [4.78, 5) is 46.5. The van der Waals surface area contributed by atoms with Crippen LogP contribution in [0.15, 0.2) is 53.3 Å². The molecule has 1 aliphatic rings. The van der Waals surface area contributed by atoms with E-state index in [1.165, 1.54) is 11.8 Å². The molecule has 1 aliphatic heterocycles.